The molecule has 9 nitrogen and oxygen atoms in total. The Kier molecular flexibility index (Phi) is 9.87. The highest BCUT2D eigenvalue weighted by Gasteiger charge is 2.16. The number of hydrogen-bond acceptors (Lipinski definition) is 7. The Balaban J connectivity index is 1.72. The first-order valence-electron chi connectivity index (χ1n) is 10.9. The fourth-order valence-electron chi connectivity index (χ4n) is 3.17. The molecule has 0 saturated heterocycles. The van der Waals surface area contributed by atoms with Crippen molar-refractivity contribution in [2.75, 3.05) is 31.5 Å². The van der Waals surface area contributed by atoms with E-state index in [2.05, 4.69) is 31.3 Å². The zero-order valence-corrected chi connectivity index (χ0v) is 22.6. The third-order valence-electron chi connectivity index (χ3n) is 4.99. The summed E-state index contributed by atoms with van der Waals surface area (Å²) in [5.74, 6) is -1.06. The van der Waals surface area contributed by atoms with E-state index in [-0.39, 0.29) is 23.7 Å². The first kappa shape index (κ1) is 28.2. The smallest absolute Gasteiger partial charge is 0.337 e. The summed E-state index contributed by atoms with van der Waals surface area (Å²) in [6.07, 6.45) is 1.37. The van der Waals surface area contributed by atoms with Crippen LogP contribution in [0.15, 0.2) is 70.7 Å². The molecule has 0 aliphatic rings. The van der Waals surface area contributed by atoms with Gasteiger partial charge in [0.25, 0.3) is 11.8 Å². The molecule has 0 aliphatic heterocycles. The molecule has 0 fully saturated rings. The molecule has 3 aromatic carbocycles. The molecule has 194 valence electrons. The Bertz CT molecular complexity index is 1430. The van der Waals surface area contributed by atoms with E-state index < -0.39 is 17.8 Å². The number of nitrogens with one attached hydrogen (secondary N) is 2. The van der Waals surface area contributed by atoms with Crippen molar-refractivity contribution in [2.24, 2.45) is 0 Å². The van der Waals surface area contributed by atoms with Gasteiger partial charge in [-0.1, -0.05) is 23.7 Å². The standard InChI is InChI=1S/C27H21BrClN3O6/c1-36-23-13-16(11-18(14-30)26(34)31-19-9-7-17(8-10-19)27(35)37-2)12-20(28)25(23)38-15-24(33)32-22-6-4-3-5-21(22)29/h3-13H,15H2,1-2H3,(H,31,34)(H,32,33)/b18-11-. The van der Waals surface area contributed by atoms with Crippen LogP contribution in [0.25, 0.3) is 6.08 Å². The second kappa shape index (κ2) is 13.3. The van der Waals surface area contributed by atoms with E-state index in [1.165, 1.54) is 44.6 Å². The van der Waals surface area contributed by atoms with Gasteiger partial charge in [0, 0.05) is 5.69 Å². The number of anilines is 2. The van der Waals surface area contributed by atoms with Crippen LogP contribution < -0.4 is 20.1 Å². The average Bonchev–Trinajstić information content (AvgIpc) is 2.91. The molecule has 0 aromatic heterocycles. The van der Waals surface area contributed by atoms with Crippen molar-refractivity contribution >= 4 is 62.8 Å². The summed E-state index contributed by atoms with van der Waals surface area (Å²) in [4.78, 5) is 36.6. The number of halogens is 2. The highest BCUT2D eigenvalue weighted by Crippen LogP contribution is 2.37. The van der Waals surface area contributed by atoms with Gasteiger partial charge < -0.3 is 24.8 Å². The van der Waals surface area contributed by atoms with Crippen molar-refractivity contribution in [3.05, 3.63) is 86.9 Å². The van der Waals surface area contributed by atoms with Gasteiger partial charge >= 0.3 is 5.97 Å². The van der Waals surface area contributed by atoms with Gasteiger partial charge in [-0.15, -0.1) is 0 Å². The first-order chi connectivity index (χ1) is 18.2. The second-order valence-electron chi connectivity index (χ2n) is 7.54. The number of carbonyl (C=O) groups excluding carboxylic acids is 3. The molecule has 0 aliphatic carbocycles. The lowest BCUT2D eigenvalue weighted by Gasteiger charge is -2.14. The molecule has 0 saturated carbocycles. The van der Waals surface area contributed by atoms with Gasteiger partial charge in [-0.25, -0.2) is 4.79 Å². The van der Waals surface area contributed by atoms with Gasteiger partial charge in [0.2, 0.25) is 0 Å². The molecular weight excluding hydrogens is 578 g/mol. The van der Waals surface area contributed by atoms with Gasteiger partial charge in [0.1, 0.15) is 11.6 Å². The van der Waals surface area contributed by atoms with Crippen molar-refractivity contribution in [1.82, 2.24) is 0 Å². The lowest BCUT2D eigenvalue weighted by molar-refractivity contribution is -0.118. The van der Waals surface area contributed by atoms with E-state index in [1.54, 1.807) is 36.4 Å². The molecular formula is C27H21BrClN3O6. The van der Waals surface area contributed by atoms with Crippen LogP contribution in [0.4, 0.5) is 11.4 Å². The van der Waals surface area contributed by atoms with Crippen molar-refractivity contribution in [2.45, 2.75) is 0 Å². The number of ether oxygens (including phenoxy) is 3. The summed E-state index contributed by atoms with van der Waals surface area (Å²) >= 11 is 9.45. The maximum absolute atomic E-state index is 12.7. The number of para-hydroxylation sites is 1. The molecule has 0 radical (unpaired) electrons. The minimum Gasteiger partial charge on any atom is -0.493 e. The largest absolute Gasteiger partial charge is 0.493 e. The van der Waals surface area contributed by atoms with Crippen LogP contribution >= 0.6 is 27.5 Å². The highest BCUT2D eigenvalue weighted by atomic mass is 79.9. The van der Waals surface area contributed by atoms with Gasteiger partial charge in [-0.05, 0) is 76.1 Å². The molecule has 0 bridgehead atoms. The molecule has 2 amide bonds. The fraction of sp³-hybridized carbons (Fsp3) is 0.111. The van der Waals surface area contributed by atoms with E-state index in [0.717, 1.165) is 0 Å². The first-order valence-corrected chi connectivity index (χ1v) is 12.1. The van der Waals surface area contributed by atoms with E-state index in [4.69, 9.17) is 21.1 Å². The number of esters is 1. The third kappa shape index (κ3) is 7.35. The van der Waals surface area contributed by atoms with Crippen LogP contribution in [0.3, 0.4) is 0 Å². The van der Waals surface area contributed by atoms with E-state index >= 15 is 0 Å². The molecule has 0 heterocycles. The molecule has 3 aromatic rings. The van der Waals surface area contributed by atoms with Gasteiger partial charge in [-0.3, -0.25) is 9.59 Å². The van der Waals surface area contributed by atoms with Crippen molar-refractivity contribution in [3.63, 3.8) is 0 Å². The van der Waals surface area contributed by atoms with E-state index in [0.29, 0.717) is 32.0 Å². The Morgan fingerprint density at radius 2 is 1.76 bits per heavy atom. The topological polar surface area (TPSA) is 127 Å². The summed E-state index contributed by atoms with van der Waals surface area (Å²) in [6, 6.07) is 17.9. The lowest BCUT2D eigenvalue weighted by Crippen LogP contribution is -2.20. The number of methoxy groups -OCH3 is 2. The predicted octanol–water partition coefficient (Wildman–Crippen LogP) is 5.46. The minimum absolute atomic E-state index is 0.177. The number of carbonyl (C=O) groups is 3. The molecule has 11 heteroatoms. The maximum Gasteiger partial charge on any atom is 0.337 e. The monoisotopic (exact) mass is 597 g/mol. The lowest BCUT2D eigenvalue weighted by atomic mass is 10.1. The number of amides is 2. The zero-order chi connectivity index (χ0) is 27.7. The van der Waals surface area contributed by atoms with Crippen LogP contribution in [0.5, 0.6) is 11.5 Å². The van der Waals surface area contributed by atoms with Crippen molar-refractivity contribution < 1.29 is 28.6 Å². The maximum atomic E-state index is 12.7. The SMILES string of the molecule is COC(=O)c1ccc(NC(=O)/C(C#N)=C\c2cc(Br)c(OCC(=O)Nc3ccccc3Cl)c(OC)c2)cc1. The number of benzene rings is 3. The Hall–Kier alpha value is -4.33. The number of nitriles is 1. The van der Waals surface area contributed by atoms with E-state index in [1.807, 2.05) is 6.07 Å². The Labute approximate surface area is 232 Å². The summed E-state index contributed by atoms with van der Waals surface area (Å²) in [7, 11) is 2.69. The van der Waals surface area contributed by atoms with Crippen LogP contribution in [0.1, 0.15) is 15.9 Å². The van der Waals surface area contributed by atoms with Gasteiger partial charge in [0.05, 0.1) is 35.0 Å². The van der Waals surface area contributed by atoms with Crippen molar-refractivity contribution in [3.8, 4) is 17.6 Å². The molecule has 0 atom stereocenters. The second-order valence-corrected chi connectivity index (χ2v) is 8.81. The fourth-order valence-corrected chi connectivity index (χ4v) is 3.93. The van der Waals surface area contributed by atoms with Crippen LogP contribution in [-0.4, -0.2) is 38.6 Å². The van der Waals surface area contributed by atoms with Gasteiger partial charge in [-0.2, -0.15) is 5.26 Å². The minimum atomic E-state index is -0.648. The zero-order valence-electron chi connectivity index (χ0n) is 20.2. The van der Waals surface area contributed by atoms with E-state index in [9.17, 15) is 19.6 Å². The summed E-state index contributed by atoms with van der Waals surface area (Å²) < 4.78 is 16.1. The van der Waals surface area contributed by atoms with Crippen LogP contribution in [-0.2, 0) is 14.3 Å². The molecule has 0 unspecified atom stereocenters. The number of rotatable bonds is 9. The van der Waals surface area contributed by atoms with Gasteiger partial charge in [0.15, 0.2) is 18.1 Å². The molecule has 38 heavy (non-hydrogen) atoms. The normalized spacial score (nSPS) is 10.7. The highest BCUT2D eigenvalue weighted by molar-refractivity contribution is 9.10. The third-order valence-corrected chi connectivity index (χ3v) is 5.91. The Morgan fingerprint density at radius 1 is 1.05 bits per heavy atom. The summed E-state index contributed by atoms with van der Waals surface area (Å²) in [5.41, 5.74) is 1.46. The average molecular weight is 599 g/mol. The summed E-state index contributed by atoms with van der Waals surface area (Å²) in [6.45, 7) is -0.323. The summed E-state index contributed by atoms with van der Waals surface area (Å²) in [5, 5.41) is 15.2. The Morgan fingerprint density at radius 3 is 2.39 bits per heavy atom. The van der Waals surface area contributed by atoms with Crippen molar-refractivity contribution in [1.29, 1.82) is 5.26 Å². The van der Waals surface area contributed by atoms with Crippen LogP contribution in [0.2, 0.25) is 5.02 Å². The number of hydrogen-bond donors (Lipinski definition) is 2. The number of nitrogens with zero attached hydrogens (tertiary/aromatic N) is 1. The molecule has 3 rings (SSSR count). The predicted molar refractivity (Wildman–Crippen MR) is 146 cm³/mol. The molecule has 2 N–H and O–H groups in total. The molecule has 0 spiro atoms. The van der Waals surface area contributed by atoms with Crippen LogP contribution in [0, 0.1) is 11.3 Å². The quantitative estimate of drug-likeness (QED) is 0.190.